The molecule has 0 saturated heterocycles. The zero-order valence-corrected chi connectivity index (χ0v) is 13.9. The average Bonchev–Trinajstić information content (AvgIpc) is 2.69. The molecule has 0 aliphatic heterocycles. The Morgan fingerprint density at radius 3 is 2.86 bits per heavy atom. The Hall–Kier alpha value is -1.16. The molecule has 112 valence electrons. The molecule has 0 unspecified atom stereocenters. The number of nitrogens with one attached hydrogen (secondary N) is 1. The molecule has 2 aromatic rings. The molecule has 0 amide bonds. The molecule has 1 heterocycles. The predicted octanol–water partition coefficient (Wildman–Crippen LogP) is 5.23. The molecule has 4 heteroatoms. The van der Waals surface area contributed by atoms with Crippen molar-refractivity contribution in [1.82, 2.24) is 4.98 Å². The molecule has 0 bridgehead atoms. The van der Waals surface area contributed by atoms with Crippen molar-refractivity contribution in [3.8, 4) is 0 Å². The van der Waals surface area contributed by atoms with Gasteiger partial charge in [-0.3, -0.25) is 0 Å². The molecule has 0 saturated carbocycles. The summed E-state index contributed by atoms with van der Waals surface area (Å²) in [5.74, 6) is -0.244. The zero-order chi connectivity index (χ0) is 14.8. The van der Waals surface area contributed by atoms with Crippen molar-refractivity contribution in [2.45, 2.75) is 45.4 Å². The Balaban J connectivity index is 2.26. The summed E-state index contributed by atoms with van der Waals surface area (Å²) in [6.45, 7) is 3.05. The number of halogens is 2. The smallest absolute Gasteiger partial charge is 0.150 e. The number of aromatic nitrogens is 1. The van der Waals surface area contributed by atoms with E-state index >= 15 is 0 Å². The summed E-state index contributed by atoms with van der Waals surface area (Å²) in [6, 6.07) is 3.48. The maximum Gasteiger partial charge on any atom is 0.150 e. The number of pyridine rings is 1. The van der Waals surface area contributed by atoms with E-state index in [1.807, 2.05) is 6.07 Å². The minimum absolute atomic E-state index is 0.244. The van der Waals surface area contributed by atoms with Gasteiger partial charge < -0.3 is 5.32 Å². The van der Waals surface area contributed by atoms with Crippen LogP contribution in [0.5, 0.6) is 0 Å². The maximum absolute atomic E-state index is 14.3. The molecule has 1 aromatic heterocycles. The molecule has 0 spiro atoms. The van der Waals surface area contributed by atoms with Crippen LogP contribution in [-0.2, 0) is 12.8 Å². The number of anilines is 1. The lowest BCUT2D eigenvalue weighted by molar-refractivity contribution is 0.635. The van der Waals surface area contributed by atoms with Gasteiger partial charge in [-0.25, -0.2) is 9.37 Å². The molecular formula is C17H20BrFN2. The zero-order valence-electron chi connectivity index (χ0n) is 12.3. The summed E-state index contributed by atoms with van der Waals surface area (Å²) in [5, 5.41) is 4.42. The molecule has 1 aromatic carbocycles. The first-order valence-corrected chi connectivity index (χ1v) is 8.54. The number of hydrogen-bond donors (Lipinski definition) is 1. The molecule has 21 heavy (non-hydrogen) atoms. The van der Waals surface area contributed by atoms with Crippen molar-refractivity contribution < 1.29 is 4.39 Å². The number of benzene rings is 1. The highest BCUT2D eigenvalue weighted by Crippen LogP contribution is 2.35. The summed E-state index contributed by atoms with van der Waals surface area (Å²) in [7, 11) is 0. The van der Waals surface area contributed by atoms with Crippen molar-refractivity contribution in [2.75, 3.05) is 11.9 Å². The third-order valence-corrected chi connectivity index (χ3v) is 4.54. The largest absolute Gasteiger partial charge is 0.384 e. The van der Waals surface area contributed by atoms with E-state index in [2.05, 4.69) is 33.2 Å². The Morgan fingerprint density at radius 1 is 1.24 bits per heavy atom. The van der Waals surface area contributed by atoms with E-state index in [-0.39, 0.29) is 5.82 Å². The van der Waals surface area contributed by atoms with Crippen molar-refractivity contribution in [3.05, 3.63) is 33.7 Å². The van der Waals surface area contributed by atoms with Gasteiger partial charge in [-0.2, -0.15) is 0 Å². The van der Waals surface area contributed by atoms with Crippen LogP contribution in [0.3, 0.4) is 0 Å². The highest BCUT2D eigenvalue weighted by atomic mass is 79.9. The minimum atomic E-state index is -0.244. The van der Waals surface area contributed by atoms with Crippen molar-refractivity contribution in [3.63, 3.8) is 0 Å². The number of fused-ring (bicyclic) bond motifs is 2. The molecule has 1 N–H and O–H groups in total. The van der Waals surface area contributed by atoms with Crippen LogP contribution >= 0.6 is 15.9 Å². The van der Waals surface area contributed by atoms with Gasteiger partial charge in [-0.15, -0.1) is 0 Å². The van der Waals surface area contributed by atoms with Crippen LogP contribution < -0.4 is 5.32 Å². The van der Waals surface area contributed by atoms with E-state index in [4.69, 9.17) is 0 Å². The van der Waals surface area contributed by atoms with Crippen molar-refractivity contribution in [2.24, 2.45) is 0 Å². The highest BCUT2D eigenvalue weighted by Gasteiger charge is 2.19. The molecule has 2 nitrogen and oxygen atoms in total. The third-order valence-electron chi connectivity index (χ3n) is 4.09. The van der Waals surface area contributed by atoms with E-state index in [9.17, 15) is 4.39 Å². The van der Waals surface area contributed by atoms with E-state index in [1.165, 1.54) is 24.5 Å². The number of hydrogen-bond acceptors (Lipinski definition) is 2. The summed E-state index contributed by atoms with van der Waals surface area (Å²) in [6.07, 6.45) is 6.62. The van der Waals surface area contributed by atoms with Gasteiger partial charge in [0.1, 0.15) is 5.52 Å². The topological polar surface area (TPSA) is 24.9 Å². The molecule has 1 aliphatic carbocycles. The van der Waals surface area contributed by atoms with Gasteiger partial charge in [0.05, 0.1) is 0 Å². The number of rotatable bonds is 3. The van der Waals surface area contributed by atoms with Gasteiger partial charge in [-0.1, -0.05) is 29.3 Å². The van der Waals surface area contributed by atoms with Crippen LogP contribution in [0.2, 0.25) is 0 Å². The van der Waals surface area contributed by atoms with E-state index in [0.29, 0.717) is 5.52 Å². The lowest BCUT2D eigenvalue weighted by Gasteiger charge is -2.17. The second-order valence-electron chi connectivity index (χ2n) is 5.68. The first-order chi connectivity index (χ1) is 10.2. The van der Waals surface area contributed by atoms with Gasteiger partial charge in [0.25, 0.3) is 0 Å². The highest BCUT2D eigenvalue weighted by molar-refractivity contribution is 9.10. The number of nitrogens with zero attached hydrogens (tertiary/aromatic N) is 1. The molecule has 3 rings (SSSR count). The first-order valence-electron chi connectivity index (χ1n) is 7.75. The van der Waals surface area contributed by atoms with Crippen LogP contribution in [0.25, 0.3) is 10.9 Å². The molecule has 1 aliphatic rings. The SMILES string of the molecule is CCCNc1c2c(nc3c(F)cc(Br)cc13)CCCCC2. The summed E-state index contributed by atoms with van der Waals surface area (Å²) >= 11 is 3.40. The van der Waals surface area contributed by atoms with Gasteiger partial charge in [0.15, 0.2) is 5.82 Å². The van der Waals surface area contributed by atoms with Gasteiger partial charge in [0.2, 0.25) is 0 Å². The van der Waals surface area contributed by atoms with E-state index < -0.39 is 0 Å². The number of aryl methyl sites for hydroxylation is 1. The second kappa shape index (κ2) is 6.30. The summed E-state index contributed by atoms with van der Waals surface area (Å²) < 4.78 is 15.1. The second-order valence-corrected chi connectivity index (χ2v) is 6.60. The monoisotopic (exact) mass is 350 g/mol. The molecule has 0 fully saturated rings. The van der Waals surface area contributed by atoms with E-state index in [0.717, 1.165) is 53.5 Å². The Labute approximate surface area is 133 Å². The Bertz CT molecular complexity index is 670. The lowest BCUT2D eigenvalue weighted by atomic mass is 10.0. The quantitative estimate of drug-likeness (QED) is 0.766. The fourth-order valence-corrected chi connectivity index (χ4v) is 3.51. The summed E-state index contributed by atoms with van der Waals surface area (Å²) in [4.78, 5) is 4.65. The molecule has 0 radical (unpaired) electrons. The standard InChI is InChI=1S/C17H20BrFN2/c1-2-8-20-16-12-6-4-3-5-7-15(12)21-17-13(16)9-11(18)10-14(17)19/h9-10H,2-8H2,1H3,(H,20,21). The van der Waals surface area contributed by atoms with Crippen LogP contribution in [0.1, 0.15) is 43.9 Å². The van der Waals surface area contributed by atoms with Crippen LogP contribution in [-0.4, -0.2) is 11.5 Å². The van der Waals surface area contributed by atoms with Gasteiger partial charge in [0, 0.05) is 27.8 Å². The van der Waals surface area contributed by atoms with Gasteiger partial charge >= 0.3 is 0 Å². The molecule has 0 atom stereocenters. The van der Waals surface area contributed by atoms with Crippen LogP contribution in [0, 0.1) is 5.82 Å². The van der Waals surface area contributed by atoms with Crippen molar-refractivity contribution in [1.29, 1.82) is 0 Å². The fraction of sp³-hybridized carbons (Fsp3) is 0.471. The maximum atomic E-state index is 14.3. The fourth-order valence-electron chi connectivity index (χ4n) is 3.08. The van der Waals surface area contributed by atoms with E-state index in [1.54, 1.807) is 0 Å². The lowest BCUT2D eigenvalue weighted by Crippen LogP contribution is -2.08. The average molecular weight is 351 g/mol. The Kier molecular flexibility index (Phi) is 4.43. The molecular weight excluding hydrogens is 331 g/mol. The van der Waals surface area contributed by atoms with Gasteiger partial charge in [-0.05, 0) is 49.8 Å². The minimum Gasteiger partial charge on any atom is -0.384 e. The Morgan fingerprint density at radius 2 is 2.05 bits per heavy atom. The first kappa shape index (κ1) is 14.8. The normalized spacial score (nSPS) is 14.8. The van der Waals surface area contributed by atoms with Crippen molar-refractivity contribution >= 4 is 32.5 Å². The third kappa shape index (κ3) is 2.91. The predicted molar refractivity (Wildman–Crippen MR) is 89.4 cm³/mol. The van der Waals surface area contributed by atoms with Crippen LogP contribution in [0.4, 0.5) is 10.1 Å². The summed E-state index contributed by atoms with van der Waals surface area (Å²) in [5.41, 5.74) is 3.97. The van der Waals surface area contributed by atoms with Crippen LogP contribution in [0.15, 0.2) is 16.6 Å².